The maximum absolute atomic E-state index is 12.2. The van der Waals surface area contributed by atoms with Crippen molar-refractivity contribution >= 4 is 11.6 Å². The molecule has 1 aromatic carbocycles. The molecule has 3 rings (SSSR count). The summed E-state index contributed by atoms with van der Waals surface area (Å²) in [5, 5.41) is 14.1. The molecule has 1 saturated carbocycles. The van der Waals surface area contributed by atoms with Gasteiger partial charge in [-0.25, -0.2) is 0 Å². The third-order valence-corrected chi connectivity index (χ3v) is 4.58. The van der Waals surface area contributed by atoms with E-state index in [2.05, 4.69) is 12.2 Å². The van der Waals surface area contributed by atoms with Crippen LogP contribution in [-0.2, 0) is 4.79 Å². The Balaban J connectivity index is 1.91. The first-order valence-corrected chi connectivity index (χ1v) is 7.37. The highest BCUT2D eigenvalue weighted by molar-refractivity contribution is 5.81. The molecule has 1 heterocycles. The molecule has 1 saturated heterocycles. The van der Waals surface area contributed by atoms with E-state index in [9.17, 15) is 14.9 Å². The van der Waals surface area contributed by atoms with Gasteiger partial charge in [0.1, 0.15) is 6.17 Å². The molecular formula is C15H19N3O3. The van der Waals surface area contributed by atoms with Crippen LogP contribution < -0.4 is 5.32 Å². The minimum absolute atomic E-state index is 0.0630. The van der Waals surface area contributed by atoms with Gasteiger partial charge in [0.05, 0.1) is 11.5 Å². The van der Waals surface area contributed by atoms with Crippen molar-refractivity contribution in [2.24, 2.45) is 5.92 Å². The van der Waals surface area contributed by atoms with Gasteiger partial charge in [-0.1, -0.05) is 25.5 Å². The number of nitro benzene ring substituents is 1. The molecule has 3 unspecified atom stereocenters. The van der Waals surface area contributed by atoms with Gasteiger partial charge in [0.15, 0.2) is 0 Å². The van der Waals surface area contributed by atoms with Crippen LogP contribution >= 0.6 is 0 Å². The molecule has 2 aliphatic rings. The summed E-state index contributed by atoms with van der Waals surface area (Å²) in [5.74, 6) is 0.570. The van der Waals surface area contributed by atoms with E-state index < -0.39 is 4.92 Å². The van der Waals surface area contributed by atoms with Crippen molar-refractivity contribution in [2.75, 3.05) is 6.54 Å². The summed E-state index contributed by atoms with van der Waals surface area (Å²) < 4.78 is 0. The SMILES string of the molecule is CC1CCCC1N1C(=O)CNC1c1cccc([N+](=O)[O-])c1. The first kappa shape index (κ1) is 14.0. The van der Waals surface area contributed by atoms with Crippen LogP contribution in [0, 0.1) is 16.0 Å². The van der Waals surface area contributed by atoms with Gasteiger partial charge in [-0.15, -0.1) is 0 Å². The molecule has 21 heavy (non-hydrogen) atoms. The fourth-order valence-electron chi connectivity index (χ4n) is 3.52. The lowest BCUT2D eigenvalue weighted by Crippen LogP contribution is -2.41. The number of carbonyl (C=O) groups excluding carboxylic acids is 1. The topological polar surface area (TPSA) is 75.5 Å². The Bertz CT molecular complexity index is 575. The molecule has 3 atom stereocenters. The fourth-order valence-corrected chi connectivity index (χ4v) is 3.52. The number of nitro groups is 1. The number of hydrogen-bond acceptors (Lipinski definition) is 4. The van der Waals surface area contributed by atoms with E-state index in [1.807, 2.05) is 11.0 Å². The number of nitrogens with one attached hydrogen (secondary N) is 1. The Labute approximate surface area is 123 Å². The molecule has 1 amide bonds. The van der Waals surface area contributed by atoms with Crippen LogP contribution in [0.1, 0.15) is 37.9 Å². The van der Waals surface area contributed by atoms with Gasteiger partial charge < -0.3 is 4.90 Å². The van der Waals surface area contributed by atoms with Crippen LogP contribution in [0.3, 0.4) is 0 Å². The van der Waals surface area contributed by atoms with E-state index in [4.69, 9.17) is 0 Å². The number of rotatable bonds is 3. The second-order valence-corrected chi connectivity index (χ2v) is 5.91. The first-order chi connectivity index (χ1) is 10.1. The zero-order valence-electron chi connectivity index (χ0n) is 12.0. The predicted octanol–water partition coefficient (Wildman–Crippen LogP) is 2.21. The molecule has 1 aliphatic carbocycles. The number of nitrogens with zero attached hydrogens (tertiary/aromatic N) is 2. The van der Waals surface area contributed by atoms with Crippen molar-refractivity contribution in [3.63, 3.8) is 0 Å². The zero-order valence-corrected chi connectivity index (χ0v) is 12.0. The molecular weight excluding hydrogens is 270 g/mol. The minimum atomic E-state index is -0.400. The van der Waals surface area contributed by atoms with Crippen molar-refractivity contribution in [3.05, 3.63) is 39.9 Å². The van der Waals surface area contributed by atoms with Crippen LogP contribution in [0.4, 0.5) is 5.69 Å². The molecule has 6 nitrogen and oxygen atoms in total. The standard InChI is InChI=1S/C15H19N3O3/c1-10-4-2-7-13(10)17-14(19)9-16-15(17)11-5-3-6-12(8-11)18(20)21/h3,5-6,8,10,13,15-16H,2,4,7,9H2,1H3. The summed E-state index contributed by atoms with van der Waals surface area (Å²) in [4.78, 5) is 24.7. The molecule has 112 valence electrons. The number of carbonyl (C=O) groups is 1. The van der Waals surface area contributed by atoms with Crippen LogP contribution in [0.2, 0.25) is 0 Å². The van der Waals surface area contributed by atoms with E-state index >= 15 is 0 Å². The Kier molecular flexibility index (Phi) is 3.63. The summed E-state index contributed by atoms with van der Waals surface area (Å²) in [6.07, 6.45) is 3.04. The minimum Gasteiger partial charge on any atom is -0.319 e. The van der Waals surface area contributed by atoms with E-state index in [1.165, 1.54) is 6.07 Å². The highest BCUT2D eigenvalue weighted by Crippen LogP contribution is 2.36. The van der Waals surface area contributed by atoms with Gasteiger partial charge in [-0.05, 0) is 24.3 Å². The van der Waals surface area contributed by atoms with E-state index in [0.717, 1.165) is 24.8 Å². The largest absolute Gasteiger partial charge is 0.319 e. The fraction of sp³-hybridized carbons (Fsp3) is 0.533. The molecule has 0 aromatic heterocycles. The third-order valence-electron chi connectivity index (χ3n) is 4.58. The second-order valence-electron chi connectivity index (χ2n) is 5.91. The highest BCUT2D eigenvalue weighted by Gasteiger charge is 2.40. The van der Waals surface area contributed by atoms with Gasteiger partial charge in [-0.2, -0.15) is 0 Å². The molecule has 0 radical (unpaired) electrons. The van der Waals surface area contributed by atoms with Crippen LogP contribution in [-0.4, -0.2) is 28.3 Å². The average Bonchev–Trinajstić information content (AvgIpc) is 3.04. The monoisotopic (exact) mass is 289 g/mol. The Morgan fingerprint density at radius 2 is 2.19 bits per heavy atom. The van der Waals surface area contributed by atoms with Gasteiger partial charge in [-0.3, -0.25) is 20.2 Å². The summed E-state index contributed by atoms with van der Waals surface area (Å²) in [7, 11) is 0. The van der Waals surface area contributed by atoms with Crippen molar-refractivity contribution in [2.45, 2.75) is 38.4 Å². The van der Waals surface area contributed by atoms with Crippen molar-refractivity contribution < 1.29 is 9.72 Å². The van der Waals surface area contributed by atoms with Gasteiger partial charge in [0.2, 0.25) is 5.91 Å². The summed E-state index contributed by atoms with van der Waals surface area (Å²) in [5.41, 5.74) is 0.849. The number of benzene rings is 1. The van der Waals surface area contributed by atoms with Crippen molar-refractivity contribution in [3.8, 4) is 0 Å². The molecule has 1 aromatic rings. The first-order valence-electron chi connectivity index (χ1n) is 7.37. The normalized spacial score (nSPS) is 29.1. The zero-order chi connectivity index (χ0) is 15.0. The predicted molar refractivity (Wildman–Crippen MR) is 77.5 cm³/mol. The Hall–Kier alpha value is -1.95. The lowest BCUT2D eigenvalue weighted by molar-refractivity contribution is -0.385. The van der Waals surface area contributed by atoms with Crippen molar-refractivity contribution in [1.29, 1.82) is 0 Å². The van der Waals surface area contributed by atoms with Gasteiger partial charge >= 0.3 is 0 Å². The summed E-state index contributed by atoms with van der Waals surface area (Å²) in [6, 6.07) is 6.78. The molecule has 0 spiro atoms. The highest BCUT2D eigenvalue weighted by atomic mass is 16.6. The number of hydrogen-bond donors (Lipinski definition) is 1. The van der Waals surface area contributed by atoms with Crippen LogP contribution in [0.15, 0.2) is 24.3 Å². The number of amides is 1. The third kappa shape index (κ3) is 2.51. The number of non-ortho nitro benzene ring substituents is 1. The van der Waals surface area contributed by atoms with E-state index in [0.29, 0.717) is 12.5 Å². The van der Waals surface area contributed by atoms with Gasteiger partial charge in [0.25, 0.3) is 5.69 Å². The lowest BCUT2D eigenvalue weighted by Gasteiger charge is -2.33. The second kappa shape index (κ2) is 5.44. The van der Waals surface area contributed by atoms with Crippen molar-refractivity contribution in [1.82, 2.24) is 10.2 Å². The van der Waals surface area contributed by atoms with E-state index in [-0.39, 0.29) is 23.8 Å². The maximum atomic E-state index is 12.2. The molecule has 1 aliphatic heterocycles. The molecule has 2 fully saturated rings. The average molecular weight is 289 g/mol. The van der Waals surface area contributed by atoms with E-state index in [1.54, 1.807) is 12.1 Å². The summed E-state index contributed by atoms with van der Waals surface area (Å²) in [6.45, 7) is 2.48. The quantitative estimate of drug-likeness (QED) is 0.684. The molecule has 6 heteroatoms. The Morgan fingerprint density at radius 3 is 2.86 bits per heavy atom. The lowest BCUT2D eigenvalue weighted by atomic mass is 10.0. The van der Waals surface area contributed by atoms with Crippen LogP contribution in [0.25, 0.3) is 0 Å². The summed E-state index contributed by atoms with van der Waals surface area (Å²) >= 11 is 0. The maximum Gasteiger partial charge on any atom is 0.269 e. The van der Waals surface area contributed by atoms with Crippen LogP contribution in [0.5, 0.6) is 0 Å². The van der Waals surface area contributed by atoms with Gasteiger partial charge in [0, 0.05) is 18.2 Å². The molecule has 1 N–H and O–H groups in total. The smallest absolute Gasteiger partial charge is 0.269 e. The Morgan fingerprint density at radius 1 is 1.38 bits per heavy atom. The molecule has 0 bridgehead atoms.